The molecule has 2 rings (SSSR count). The molecule has 0 radical (unpaired) electrons. The molecule has 0 spiro atoms. The van der Waals surface area contributed by atoms with Crippen molar-refractivity contribution in [1.29, 1.82) is 0 Å². The quantitative estimate of drug-likeness (QED) is 0.823. The van der Waals surface area contributed by atoms with Crippen molar-refractivity contribution in [1.82, 2.24) is 20.1 Å². The van der Waals surface area contributed by atoms with E-state index in [0.29, 0.717) is 6.04 Å². The molecule has 1 unspecified atom stereocenters. The Balaban J connectivity index is 2.10. The summed E-state index contributed by atoms with van der Waals surface area (Å²) in [4.78, 5) is 4.48. The second kappa shape index (κ2) is 7.71. The van der Waals surface area contributed by atoms with Crippen LogP contribution in [0.15, 0.2) is 35.1 Å². The molecule has 0 aliphatic rings. The van der Waals surface area contributed by atoms with Crippen LogP contribution in [-0.2, 0) is 6.42 Å². The van der Waals surface area contributed by atoms with Crippen molar-refractivity contribution >= 4 is 15.9 Å². The first-order valence-corrected chi connectivity index (χ1v) is 8.30. The van der Waals surface area contributed by atoms with E-state index < -0.39 is 0 Å². The number of nitrogens with one attached hydrogen (secondary N) is 1. The van der Waals surface area contributed by atoms with Crippen LogP contribution in [0.4, 0.5) is 0 Å². The molecule has 2 aromatic rings. The first-order valence-electron chi connectivity index (χ1n) is 7.50. The van der Waals surface area contributed by atoms with Crippen LogP contribution in [0.25, 0.3) is 0 Å². The smallest absolute Gasteiger partial charge is 0.0644 e. The van der Waals surface area contributed by atoms with Gasteiger partial charge in [0.15, 0.2) is 0 Å². The van der Waals surface area contributed by atoms with Gasteiger partial charge in [-0.1, -0.05) is 13.8 Å². The van der Waals surface area contributed by atoms with Crippen LogP contribution in [0.5, 0.6) is 0 Å². The van der Waals surface area contributed by atoms with Gasteiger partial charge in [0.25, 0.3) is 0 Å². The predicted molar refractivity (Wildman–Crippen MR) is 89.3 cm³/mol. The Labute approximate surface area is 135 Å². The van der Waals surface area contributed by atoms with Gasteiger partial charge in [0.05, 0.1) is 23.5 Å². The Morgan fingerprint density at radius 2 is 2.00 bits per heavy atom. The van der Waals surface area contributed by atoms with Gasteiger partial charge >= 0.3 is 0 Å². The van der Waals surface area contributed by atoms with Gasteiger partial charge in [-0.3, -0.25) is 9.67 Å². The van der Waals surface area contributed by atoms with Gasteiger partial charge in [0.1, 0.15) is 0 Å². The molecular weight excluding hydrogens is 328 g/mol. The summed E-state index contributed by atoms with van der Waals surface area (Å²) in [7, 11) is 1.96. The molecule has 0 saturated heterocycles. The lowest BCUT2D eigenvalue weighted by atomic mass is 10.1. The maximum atomic E-state index is 4.72. The van der Waals surface area contributed by atoms with Crippen molar-refractivity contribution < 1.29 is 0 Å². The van der Waals surface area contributed by atoms with Gasteiger partial charge in [0, 0.05) is 23.3 Å². The minimum atomic E-state index is 0.183. The van der Waals surface area contributed by atoms with Gasteiger partial charge in [-0.2, -0.15) is 5.10 Å². The van der Waals surface area contributed by atoms with E-state index in [2.05, 4.69) is 57.0 Å². The molecule has 4 nitrogen and oxygen atoms in total. The number of pyridine rings is 1. The summed E-state index contributed by atoms with van der Waals surface area (Å²) in [6, 6.07) is 6.86. The Bertz CT molecular complexity index is 546. The Kier molecular flexibility index (Phi) is 5.94. The highest BCUT2D eigenvalue weighted by Gasteiger charge is 2.14. The highest BCUT2D eigenvalue weighted by atomic mass is 79.9. The summed E-state index contributed by atoms with van der Waals surface area (Å²) in [5, 5.41) is 8.05. The highest BCUT2D eigenvalue weighted by Crippen LogP contribution is 2.19. The van der Waals surface area contributed by atoms with Gasteiger partial charge in [-0.15, -0.1) is 0 Å². The van der Waals surface area contributed by atoms with Crippen molar-refractivity contribution in [2.45, 2.75) is 45.2 Å². The summed E-state index contributed by atoms with van der Waals surface area (Å²) < 4.78 is 3.09. The fourth-order valence-electron chi connectivity index (χ4n) is 2.51. The zero-order chi connectivity index (χ0) is 15.2. The molecule has 5 heteroatoms. The van der Waals surface area contributed by atoms with E-state index in [1.54, 1.807) is 0 Å². The van der Waals surface area contributed by atoms with Gasteiger partial charge in [-0.25, -0.2) is 0 Å². The van der Waals surface area contributed by atoms with Crippen LogP contribution in [0, 0.1) is 0 Å². The van der Waals surface area contributed by atoms with Gasteiger partial charge in [-0.05, 0) is 54.0 Å². The van der Waals surface area contributed by atoms with Crippen LogP contribution in [0.2, 0.25) is 0 Å². The number of hydrogen-bond acceptors (Lipinski definition) is 3. The minimum absolute atomic E-state index is 0.183. The maximum absolute atomic E-state index is 4.72. The number of aromatic nitrogens is 3. The second-order valence-corrected chi connectivity index (χ2v) is 6.12. The van der Waals surface area contributed by atoms with Crippen LogP contribution >= 0.6 is 15.9 Å². The molecule has 0 aliphatic heterocycles. The van der Waals surface area contributed by atoms with Crippen molar-refractivity contribution in [3.63, 3.8) is 0 Å². The standard InChI is InChI=1S/C16H23BrN4/c1-4-14(5-2)21-9-8-13(20-21)10-16(18-3)15-7-6-12(17)11-19-15/h6-9,11,14,16,18H,4-5,10H2,1-3H3. The summed E-state index contributed by atoms with van der Waals surface area (Å²) in [6.07, 6.45) is 7.00. The highest BCUT2D eigenvalue weighted by molar-refractivity contribution is 9.10. The van der Waals surface area contributed by atoms with Crippen molar-refractivity contribution in [2.24, 2.45) is 0 Å². The summed E-state index contributed by atoms with van der Waals surface area (Å²) >= 11 is 3.42. The van der Waals surface area contributed by atoms with Crippen LogP contribution in [-0.4, -0.2) is 21.8 Å². The molecule has 114 valence electrons. The van der Waals surface area contributed by atoms with Gasteiger partial charge < -0.3 is 5.32 Å². The van der Waals surface area contributed by atoms with E-state index in [1.165, 1.54) is 0 Å². The topological polar surface area (TPSA) is 42.7 Å². The molecule has 1 atom stereocenters. The normalized spacial score (nSPS) is 12.8. The molecule has 2 heterocycles. The lowest BCUT2D eigenvalue weighted by molar-refractivity contribution is 0.423. The fraction of sp³-hybridized carbons (Fsp3) is 0.500. The molecule has 2 aromatic heterocycles. The van der Waals surface area contributed by atoms with Crippen molar-refractivity contribution in [2.75, 3.05) is 7.05 Å². The number of halogens is 1. The summed E-state index contributed by atoms with van der Waals surface area (Å²) in [5.74, 6) is 0. The molecule has 1 N–H and O–H groups in total. The van der Waals surface area contributed by atoms with Gasteiger partial charge in [0.2, 0.25) is 0 Å². The van der Waals surface area contributed by atoms with E-state index in [4.69, 9.17) is 5.10 Å². The molecule has 0 saturated carbocycles. The van der Waals surface area contributed by atoms with Crippen LogP contribution in [0.3, 0.4) is 0 Å². The third-order valence-corrected chi connectivity index (χ3v) is 4.32. The van der Waals surface area contributed by atoms with E-state index in [9.17, 15) is 0 Å². The molecular formula is C16H23BrN4. The van der Waals surface area contributed by atoms with Crippen molar-refractivity contribution in [3.05, 3.63) is 46.5 Å². The average Bonchev–Trinajstić information content (AvgIpc) is 2.96. The zero-order valence-electron chi connectivity index (χ0n) is 12.9. The molecule has 0 aromatic carbocycles. The Morgan fingerprint density at radius 3 is 2.57 bits per heavy atom. The first-order chi connectivity index (χ1) is 10.2. The summed E-state index contributed by atoms with van der Waals surface area (Å²) in [6.45, 7) is 4.41. The molecule has 0 aliphatic carbocycles. The Morgan fingerprint density at radius 1 is 1.24 bits per heavy atom. The van der Waals surface area contributed by atoms with Crippen LogP contribution in [0.1, 0.15) is 50.2 Å². The third-order valence-electron chi connectivity index (χ3n) is 3.85. The zero-order valence-corrected chi connectivity index (χ0v) is 14.5. The number of nitrogens with zero attached hydrogens (tertiary/aromatic N) is 3. The van der Waals surface area contributed by atoms with Crippen LogP contribution < -0.4 is 5.32 Å². The first kappa shape index (κ1) is 16.2. The molecule has 0 fully saturated rings. The van der Waals surface area contributed by atoms with E-state index >= 15 is 0 Å². The summed E-state index contributed by atoms with van der Waals surface area (Å²) in [5.41, 5.74) is 2.14. The second-order valence-electron chi connectivity index (χ2n) is 5.20. The lowest BCUT2D eigenvalue weighted by Crippen LogP contribution is -2.20. The number of rotatable bonds is 7. The number of likely N-dealkylation sites (N-methyl/N-ethyl adjacent to an activating group) is 1. The van der Waals surface area contributed by atoms with E-state index in [1.807, 2.05) is 25.4 Å². The minimum Gasteiger partial charge on any atom is -0.311 e. The SMILES string of the molecule is CCC(CC)n1ccc(CC(NC)c2ccc(Br)cn2)n1. The lowest BCUT2D eigenvalue weighted by Gasteiger charge is -2.15. The fourth-order valence-corrected chi connectivity index (χ4v) is 2.74. The Hall–Kier alpha value is -1.20. The van der Waals surface area contributed by atoms with E-state index in [0.717, 1.165) is 35.1 Å². The molecule has 0 amide bonds. The number of hydrogen-bond donors (Lipinski definition) is 1. The average molecular weight is 351 g/mol. The van der Waals surface area contributed by atoms with E-state index in [-0.39, 0.29) is 6.04 Å². The van der Waals surface area contributed by atoms with Crippen molar-refractivity contribution in [3.8, 4) is 0 Å². The molecule has 0 bridgehead atoms. The maximum Gasteiger partial charge on any atom is 0.0644 e. The molecule has 21 heavy (non-hydrogen) atoms. The predicted octanol–water partition coefficient (Wildman–Crippen LogP) is 3.90. The third kappa shape index (κ3) is 4.14. The monoisotopic (exact) mass is 350 g/mol. The largest absolute Gasteiger partial charge is 0.311 e.